The lowest BCUT2D eigenvalue weighted by atomic mass is 9.77. The molecule has 1 aromatic rings. The SMILES string of the molecule is Cc1nc(N2CCC3(CCCC3)CC2)ccc1C(=O)O. The smallest absolute Gasteiger partial charge is 0.337 e. The molecule has 1 saturated carbocycles. The predicted molar refractivity (Wildman–Crippen MR) is 78.3 cm³/mol. The molecule has 4 nitrogen and oxygen atoms in total. The van der Waals surface area contributed by atoms with Gasteiger partial charge in [-0.15, -0.1) is 0 Å². The van der Waals surface area contributed by atoms with Gasteiger partial charge in [-0.2, -0.15) is 0 Å². The van der Waals surface area contributed by atoms with Crippen molar-refractivity contribution < 1.29 is 9.90 Å². The number of aromatic carboxylic acids is 1. The second-order valence-electron chi connectivity index (χ2n) is 6.30. The first-order chi connectivity index (χ1) is 9.60. The number of hydrogen-bond donors (Lipinski definition) is 1. The van der Waals surface area contributed by atoms with E-state index in [1.165, 1.54) is 38.5 Å². The Hall–Kier alpha value is -1.58. The number of piperidine rings is 1. The average molecular weight is 274 g/mol. The highest BCUT2D eigenvalue weighted by Gasteiger charge is 2.37. The molecule has 1 N–H and O–H groups in total. The van der Waals surface area contributed by atoms with Crippen molar-refractivity contribution in [2.75, 3.05) is 18.0 Å². The van der Waals surface area contributed by atoms with Crippen LogP contribution in [0.4, 0.5) is 5.82 Å². The third-order valence-electron chi connectivity index (χ3n) is 5.11. The molecule has 1 aliphatic carbocycles. The van der Waals surface area contributed by atoms with Crippen molar-refractivity contribution in [1.82, 2.24) is 4.98 Å². The van der Waals surface area contributed by atoms with E-state index in [4.69, 9.17) is 5.11 Å². The molecular weight excluding hydrogens is 252 g/mol. The van der Waals surface area contributed by atoms with Gasteiger partial charge in [0.2, 0.25) is 0 Å². The Bertz CT molecular complexity index is 511. The molecule has 20 heavy (non-hydrogen) atoms. The van der Waals surface area contributed by atoms with E-state index in [1.807, 2.05) is 6.07 Å². The van der Waals surface area contributed by atoms with Gasteiger partial charge in [0.15, 0.2) is 0 Å². The number of carbonyl (C=O) groups is 1. The Morgan fingerprint density at radius 3 is 2.40 bits per heavy atom. The Kier molecular flexibility index (Phi) is 3.40. The molecule has 108 valence electrons. The van der Waals surface area contributed by atoms with Gasteiger partial charge in [-0.3, -0.25) is 0 Å². The number of aryl methyl sites for hydroxylation is 1. The summed E-state index contributed by atoms with van der Waals surface area (Å²) >= 11 is 0. The maximum Gasteiger partial charge on any atom is 0.337 e. The van der Waals surface area contributed by atoms with Crippen LogP contribution < -0.4 is 4.90 Å². The summed E-state index contributed by atoms with van der Waals surface area (Å²) in [6.45, 7) is 3.88. The second-order valence-corrected chi connectivity index (χ2v) is 6.30. The van der Waals surface area contributed by atoms with Crippen LogP contribution in [0, 0.1) is 12.3 Å². The van der Waals surface area contributed by atoms with Crippen LogP contribution in [0.3, 0.4) is 0 Å². The standard InChI is InChI=1S/C16H22N2O2/c1-12-13(15(19)20)4-5-14(17-12)18-10-8-16(9-11-18)6-2-3-7-16/h4-5H,2-3,6-11H2,1H3,(H,19,20). The van der Waals surface area contributed by atoms with E-state index in [9.17, 15) is 4.79 Å². The first-order valence-corrected chi connectivity index (χ1v) is 7.56. The monoisotopic (exact) mass is 274 g/mol. The molecule has 1 saturated heterocycles. The number of carboxylic acids is 1. The highest BCUT2D eigenvalue weighted by Crippen LogP contribution is 2.46. The largest absolute Gasteiger partial charge is 0.478 e. The van der Waals surface area contributed by atoms with Crippen molar-refractivity contribution in [3.05, 3.63) is 23.4 Å². The van der Waals surface area contributed by atoms with Gasteiger partial charge < -0.3 is 10.0 Å². The summed E-state index contributed by atoms with van der Waals surface area (Å²) in [4.78, 5) is 17.8. The van der Waals surface area contributed by atoms with Crippen molar-refractivity contribution in [2.24, 2.45) is 5.41 Å². The van der Waals surface area contributed by atoms with Crippen LogP contribution in [0.5, 0.6) is 0 Å². The fourth-order valence-electron chi connectivity index (χ4n) is 3.79. The van der Waals surface area contributed by atoms with Gasteiger partial charge in [0.05, 0.1) is 11.3 Å². The number of pyridine rings is 1. The highest BCUT2D eigenvalue weighted by atomic mass is 16.4. The van der Waals surface area contributed by atoms with Crippen molar-refractivity contribution >= 4 is 11.8 Å². The zero-order valence-electron chi connectivity index (χ0n) is 12.1. The number of rotatable bonds is 2. The molecule has 0 unspecified atom stereocenters. The third kappa shape index (κ3) is 2.39. The maximum absolute atomic E-state index is 11.0. The number of aromatic nitrogens is 1. The molecule has 1 aliphatic heterocycles. The second kappa shape index (κ2) is 5.08. The van der Waals surface area contributed by atoms with Gasteiger partial charge in [0, 0.05) is 13.1 Å². The molecule has 3 rings (SSSR count). The summed E-state index contributed by atoms with van der Waals surface area (Å²) in [5, 5.41) is 9.05. The minimum Gasteiger partial charge on any atom is -0.478 e. The van der Waals surface area contributed by atoms with Crippen LogP contribution >= 0.6 is 0 Å². The van der Waals surface area contributed by atoms with E-state index >= 15 is 0 Å². The van der Waals surface area contributed by atoms with Gasteiger partial charge >= 0.3 is 5.97 Å². The Labute approximate surface area is 119 Å². The fourth-order valence-corrected chi connectivity index (χ4v) is 3.79. The molecular formula is C16H22N2O2. The van der Waals surface area contributed by atoms with Crippen LogP contribution in [0.1, 0.15) is 54.6 Å². The third-order valence-corrected chi connectivity index (χ3v) is 5.11. The molecule has 0 bridgehead atoms. The summed E-state index contributed by atoms with van der Waals surface area (Å²) in [5.74, 6) is 0.0328. The van der Waals surface area contributed by atoms with Crippen LogP contribution in [-0.2, 0) is 0 Å². The molecule has 0 radical (unpaired) electrons. The van der Waals surface area contributed by atoms with Crippen LogP contribution in [0.2, 0.25) is 0 Å². The maximum atomic E-state index is 11.0. The zero-order chi connectivity index (χ0) is 14.2. The normalized spacial score (nSPS) is 21.4. The topological polar surface area (TPSA) is 53.4 Å². The lowest BCUT2D eigenvalue weighted by molar-refractivity contribution is 0.0695. The molecule has 2 fully saturated rings. The number of nitrogens with zero attached hydrogens (tertiary/aromatic N) is 2. The lowest BCUT2D eigenvalue weighted by Crippen LogP contribution is -2.39. The summed E-state index contributed by atoms with van der Waals surface area (Å²) in [7, 11) is 0. The highest BCUT2D eigenvalue weighted by molar-refractivity contribution is 5.89. The number of anilines is 1. The zero-order valence-corrected chi connectivity index (χ0v) is 12.1. The van der Waals surface area contributed by atoms with Crippen molar-refractivity contribution in [3.8, 4) is 0 Å². The first kappa shape index (κ1) is 13.4. The Balaban J connectivity index is 1.72. The van der Waals surface area contributed by atoms with Gasteiger partial charge in [-0.05, 0) is 50.2 Å². The molecule has 0 amide bonds. The summed E-state index contributed by atoms with van der Waals surface area (Å²) in [6.07, 6.45) is 8.09. The lowest BCUT2D eigenvalue weighted by Gasteiger charge is -2.40. The molecule has 2 heterocycles. The Morgan fingerprint density at radius 1 is 1.20 bits per heavy atom. The van der Waals surface area contributed by atoms with Gasteiger partial charge in [0.25, 0.3) is 0 Å². The predicted octanol–water partition coefficient (Wildman–Crippen LogP) is 3.25. The van der Waals surface area contributed by atoms with Crippen molar-refractivity contribution in [3.63, 3.8) is 0 Å². The van der Waals surface area contributed by atoms with E-state index in [0.717, 1.165) is 18.9 Å². The first-order valence-electron chi connectivity index (χ1n) is 7.56. The molecule has 1 spiro atoms. The molecule has 4 heteroatoms. The minimum absolute atomic E-state index is 0.304. The molecule has 2 aliphatic rings. The van der Waals surface area contributed by atoms with Gasteiger partial charge in [0.1, 0.15) is 5.82 Å². The summed E-state index contributed by atoms with van der Waals surface area (Å²) in [6, 6.07) is 3.53. The van der Waals surface area contributed by atoms with E-state index in [1.54, 1.807) is 13.0 Å². The van der Waals surface area contributed by atoms with E-state index in [2.05, 4.69) is 9.88 Å². The van der Waals surface area contributed by atoms with Crippen LogP contribution in [0.15, 0.2) is 12.1 Å². The number of hydrogen-bond acceptors (Lipinski definition) is 3. The molecule has 0 atom stereocenters. The van der Waals surface area contributed by atoms with Crippen LogP contribution in [0.25, 0.3) is 0 Å². The molecule has 1 aromatic heterocycles. The Morgan fingerprint density at radius 2 is 1.85 bits per heavy atom. The van der Waals surface area contributed by atoms with Crippen LogP contribution in [-0.4, -0.2) is 29.1 Å². The number of carboxylic acid groups (broad SMARTS) is 1. The fraction of sp³-hybridized carbons (Fsp3) is 0.625. The van der Waals surface area contributed by atoms with Gasteiger partial charge in [-0.1, -0.05) is 12.8 Å². The van der Waals surface area contributed by atoms with Gasteiger partial charge in [-0.25, -0.2) is 9.78 Å². The van der Waals surface area contributed by atoms with E-state index in [-0.39, 0.29) is 0 Å². The van der Waals surface area contributed by atoms with Crippen molar-refractivity contribution in [2.45, 2.75) is 45.4 Å². The van der Waals surface area contributed by atoms with Crippen molar-refractivity contribution in [1.29, 1.82) is 0 Å². The van der Waals surface area contributed by atoms with E-state index in [0.29, 0.717) is 16.7 Å². The average Bonchev–Trinajstić information content (AvgIpc) is 2.87. The molecule has 0 aromatic carbocycles. The quantitative estimate of drug-likeness (QED) is 0.899. The summed E-state index contributed by atoms with van der Waals surface area (Å²) < 4.78 is 0. The summed E-state index contributed by atoms with van der Waals surface area (Å²) in [5.41, 5.74) is 1.51. The minimum atomic E-state index is -0.898. The van der Waals surface area contributed by atoms with E-state index < -0.39 is 5.97 Å².